The number of hydrogen-bond donors (Lipinski definition) is 0. The molecular weight excluding hydrogens is 859 g/mol. The molecule has 342 valence electrons. The van der Waals surface area contributed by atoms with Gasteiger partial charge in [-0.05, 0) is 157 Å². The summed E-state index contributed by atoms with van der Waals surface area (Å²) in [5, 5.41) is 5.01. The minimum atomic E-state index is 0.000623. The quantitative estimate of drug-likeness (QED) is 0.164. The monoisotopic (exact) mass is 913 g/mol. The lowest BCUT2D eigenvalue weighted by atomic mass is 9.80. The second-order valence-corrected chi connectivity index (χ2v) is 20.0. The summed E-state index contributed by atoms with van der Waals surface area (Å²) in [6, 6.07) is 78.7. The van der Waals surface area contributed by atoms with Gasteiger partial charge in [0.15, 0.2) is 5.84 Å². The second kappa shape index (κ2) is 18.4. The minimum absolute atomic E-state index is 0.000623. The molecule has 13 rings (SSSR count). The smallest absolute Gasteiger partial charge is 0.156 e. The summed E-state index contributed by atoms with van der Waals surface area (Å²) >= 11 is 0. The highest BCUT2D eigenvalue weighted by Gasteiger charge is 2.33. The van der Waals surface area contributed by atoms with Crippen LogP contribution in [0.2, 0.25) is 0 Å². The zero-order valence-electron chi connectivity index (χ0n) is 40.2. The molecule has 0 amide bonds. The fourth-order valence-electron chi connectivity index (χ4n) is 12.3. The van der Waals surface area contributed by atoms with E-state index in [0.29, 0.717) is 0 Å². The fraction of sp³-hybridized carbons (Fsp3) is 0.162. The number of aliphatic imine (C=N–C) groups is 2. The van der Waals surface area contributed by atoms with E-state index in [2.05, 4.69) is 213 Å². The van der Waals surface area contributed by atoms with Crippen molar-refractivity contribution in [2.75, 3.05) is 0 Å². The van der Waals surface area contributed by atoms with Crippen LogP contribution in [0.3, 0.4) is 0 Å². The summed E-state index contributed by atoms with van der Waals surface area (Å²) in [7, 11) is 0. The maximum absolute atomic E-state index is 5.60. The normalized spacial score (nSPS) is 20.1. The van der Waals surface area contributed by atoms with Gasteiger partial charge in [-0.2, -0.15) is 0 Å². The minimum Gasteiger partial charge on any atom is -0.261 e. The van der Waals surface area contributed by atoms with Gasteiger partial charge >= 0.3 is 0 Å². The van der Waals surface area contributed by atoms with Crippen LogP contribution in [0.5, 0.6) is 0 Å². The SMILES string of the molecule is CC1c2cc3c(cc2-c2c(ccc4ccccc24)CC1c1ccccn1)-c1ccccc1C(c1ccc2c(C4=N/C(c5ccc(-c6ccccc6)cc5)CCC/C(c5ccccc5)=N\4)cccc2c1)CC3. The molecule has 71 heavy (non-hydrogen) atoms. The summed E-state index contributed by atoms with van der Waals surface area (Å²) in [6.07, 6.45) is 7.79. The molecule has 1 aliphatic heterocycles. The molecule has 0 saturated heterocycles. The molecule has 4 unspecified atom stereocenters. The highest BCUT2D eigenvalue weighted by Crippen LogP contribution is 2.51. The van der Waals surface area contributed by atoms with E-state index in [1.54, 1.807) is 0 Å². The molecule has 1 aromatic heterocycles. The van der Waals surface area contributed by atoms with E-state index in [0.717, 1.165) is 61.2 Å². The fourth-order valence-corrected chi connectivity index (χ4v) is 12.3. The number of hydrogen-bond acceptors (Lipinski definition) is 3. The van der Waals surface area contributed by atoms with Crippen molar-refractivity contribution in [1.29, 1.82) is 0 Å². The second-order valence-electron chi connectivity index (χ2n) is 20.0. The average molecular weight is 914 g/mol. The van der Waals surface area contributed by atoms with Crippen LogP contribution in [0.4, 0.5) is 0 Å². The number of amidine groups is 1. The van der Waals surface area contributed by atoms with Crippen LogP contribution in [0.1, 0.15) is 107 Å². The Hall–Kier alpha value is -8.01. The highest BCUT2D eigenvalue weighted by atomic mass is 15.0. The van der Waals surface area contributed by atoms with E-state index in [4.69, 9.17) is 15.0 Å². The number of nitrogens with zero attached hydrogens (tertiary/aromatic N) is 3. The average Bonchev–Trinajstić information content (AvgIpc) is 3.66. The van der Waals surface area contributed by atoms with E-state index >= 15 is 0 Å². The lowest BCUT2D eigenvalue weighted by molar-refractivity contribution is 0.564. The van der Waals surface area contributed by atoms with Crippen LogP contribution in [-0.2, 0) is 12.8 Å². The Morgan fingerprint density at radius 1 is 0.465 bits per heavy atom. The Morgan fingerprint density at radius 3 is 2.04 bits per heavy atom. The lowest BCUT2D eigenvalue weighted by Gasteiger charge is -2.24. The van der Waals surface area contributed by atoms with Gasteiger partial charge in [0, 0.05) is 29.3 Å². The molecule has 10 aromatic rings. The zero-order valence-corrected chi connectivity index (χ0v) is 40.2. The van der Waals surface area contributed by atoms with Crippen molar-refractivity contribution in [3.63, 3.8) is 0 Å². The Morgan fingerprint density at radius 2 is 1.20 bits per heavy atom. The summed E-state index contributed by atoms with van der Waals surface area (Å²) in [5.41, 5.74) is 20.7. The van der Waals surface area contributed by atoms with Gasteiger partial charge in [-0.1, -0.05) is 201 Å². The summed E-state index contributed by atoms with van der Waals surface area (Å²) in [4.78, 5) is 16.1. The molecule has 3 nitrogen and oxygen atoms in total. The van der Waals surface area contributed by atoms with Crippen LogP contribution in [-0.4, -0.2) is 16.5 Å². The molecule has 2 heterocycles. The molecule has 0 N–H and O–H groups in total. The Balaban J connectivity index is 0.902. The van der Waals surface area contributed by atoms with Crippen LogP contribution in [0.15, 0.2) is 229 Å². The number of aromatic nitrogens is 1. The lowest BCUT2D eigenvalue weighted by Crippen LogP contribution is -2.13. The maximum Gasteiger partial charge on any atom is 0.156 e. The van der Waals surface area contributed by atoms with Gasteiger partial charge < -0.3 is 0 Å². The third-order valence-electron chi connectivity index (χ3n) is 16.0. The van der Waals surface area contributed by atoms with Gasteiger partial charge in [-0.3, -0.25) is 9.98 Å². The molecule has 0 fully saturated rings. The van der Waals surface area contributed by atoms with Crippen LogP contribution in [0, 0.1) is 0 Å². The van der Waals surface area contributed by atoms with Crippen LogP contribution >= 0.6 is 0 Å². The van der Waals surface area contributed by atoms with E-state index in [-0.39, 0.29) is 23.8 Å². The standard InChI is InChI=1S/C68H55N3/c1-44-60-41-52-36-37-54(57-23-10-11-24-58(57)62(52)43-63(60)67-53(34-31-47-18-8-9-22-56(47)67)42-61(44)66-26-12-13-39-69-66)51-35-38-55-50(40-51)21-14-25-59(55)68-70-64(48-19-6-3-7-20-48)27-15-28-65(71-68)49-32-29-46(30-33-49)45-16-4-2-5-17-45/h2-14,16-26,29-35,38-41,43-44,54,61,65H,15,27-28,36-37,42H2,1H3/b70-64+,71-68-. The Labute approximate surface area is 417 Å². The van der Waals surface area contributed by atoms with Crippen molar-refractivity contribution in [2.24, 2.45) is 9.98 Å². The Bertz CT molecular complexity index is 3670. The van der Waals surface area contributed by atoms with Gasteiger partial charge in [0.2, 0.25) is 0 Å². The first-order chi connectivity index (χ1) is 35.1. The molecule has 0 spiro atoms. The highest BCUT2D eigenvalue weighted by molar-refractivity contribution is 6.17. The van der Waals surface area contributed by atoms with E-state index in [9.17, 15) is 0 Å². The van der Waals surface area contributed by atoms with Gasteiger partial charge in [0.05, 0.1) is 11.8 Å². The molecule has 2 aliphatic carbocycles. The predicted molar refractivity (Wildman–Crippen MR) is 296 cm³/mol. The van der Waals surface area contributed by atoms with E-state index in [1.807, 2.05) is 12.3 Å². The van der Waals surface area contributed by atoms with Crippen LogP contribution < -0.4 is 0 Å². The molecule has 4 atom stereocenters. The number of benzene rings is 9. The number of aryl methyl sites for hydroxylation is 1. The summed E-state index contributed by atoms with van der Waals surface area (Å²) in [6.45, 7) is 2.44. The van der Waals surface area contributed by atoms with Crippen molar-refractivity contribution < 1.29 is 0 Å². The van der Waals surface area contributed by atoms with Crippen molar-refractivity contribution >= 4 is 33.1 Å². The largest absolute Gasteiger partial charge is 0.261 e. The molecule has 0 saturated carbocycles. The predicted octanol–water partition coefficient (Wildman–Crippen LogP) is 17.1. The third kappa shape index (κ3) is 8.00. The van der Waals surface area contributed by atoms with Gasteiger partial charge in [0.1, 0.15) is 0 Å². The number of pyridine rings is 1. The molecule has 9 aromatic carbocycles. The van der Waals surface area contributed by atoms with Gasteiger partial charge in [-0.15, -0.1) is 0 Å². The van der Waals surface area contributed by atoms with Crippen molar-refractivity contribution in [1.82, 2.24) is 4.98 Å². The maximum atomic E-state index is 5.60. The first-order valence-electron chi connectivity index (χ1n) is 25.7. The van der Waals surface area contributed by atoms with E-state index < -0.39 is 0 Å². The first kappa shape index (κ1) is 43.0. The topological polar surface area (TPSA) is 37.6 Å². The molecule has 0 radical (unpaired) electrons. The Kier molecular flexibility index (Phi) is 11.1. The summed E-state index contributed by atoms with van der Waals surface area (Å²) < 4.78 is 0. The van der Waals surface area contributed by atoms with Gasteiger partial charge in [-0.25, -0.2) is 4.99 Å². The van der Waals surface area contributed by atoms with Gasteiger partial charge in [0.25, 0.3) is 0 Å². The first-order valence-corrected chi connectivity index (χ1v) is 25.7. The van der Waals surface area contributed by atoms with E-state index in [1.165, 1.54) is 94.0 Å². The summed E-state index contributed by atoms with van der Waals surface area (Å²) in [5.74, 6) is 1.59. The van der Waals surface area contributed by atoms with Crippen molar-refractivity contribution in [2.45, 2.75) is 69.2 Å². The van der Waals surface area contributed by atoms with Crippen molar-refractivity contribution in [3.05, 3.63) is 269 Å². The third-order valence-corrected chi connectivity index (χ3v) is 16.0. The van der Waals surface area contributed by atoms with Crippen molar-refractivity contribution in [3.8, 4) is 33.4 Å². The molecule has 0 bridgehead atoms. The molecular formula is C68H55N3. The number of rotatable bonds is 6. The number of fused-ring (bicyclic) bond motifs is 9. The van der Waals surface area contributed by atoms with Crippen LogP contribution in [0.25, 0.3) is 54.9 Å². The molecule has 3 heteroatoms. The zero-order chi connectivity index (χ0) is 47.3. The molecule has 3 aliphatic rings.